The van der Waals surface area contributed by atoms with Crippen LogP contribution in [0.15, 0.2) is 54.7 Å². The topological polar surface area (TPSA) is 40.8 Å². The number of aromatic nitrogens is 2. The van der Waals surface area contributed by atoms with Crippen LogP contribution >= 0.6 is 11.6 Å². The average Bonchev–Trinajstić information content (AvgIpc) is 2.85. The standard InChI is InChI=1S/C17H18ClN3O/c18-17-15(21-9-5-4-8-16(21)19-17)13-20(10-11-22)12-14-6-2-1-3-7-14/h1-9,22H,10-13H2. The zero-order valence-corrected chi connectivity index (χ0v) is 12.9. The predicted octanol–water partition coefficient (Wildman–Crippen LogP) is 2.98. The quantitative estimate of drug-likeness (QED) is 0.760. The van der Waals surface area contributed by atoms with Crippen molar-refractivity contribution in [1.29, 1.82) is 0 Å². The van der Waals surface area contributed by atoms with Gasteiger partial charge in [0.05, 0.1) is 12.3 Å². The van der Waals surface area contributed by atoms with E-state index >= 15 is 0 Å². The summed E-state index contributed by atoms with van der Waals surface area (Å²) in [7, 11) is 0. The van der Waals surface area contributed by atoms with Gasteiger partial charge >= 0.3 is 0 Å². The molecule has 1 N–H and O–H groups in total. The zero-order chi connectivity index (χ0) is 15.4. The van der Waals surface area contributed by atoms with Crippen molar-refractivity contribution in [2.75, 3.05) is 13.2 Å². The molecule has 114 valence electrons. The van der Waals surface area contributed by atoms with Crippen molar-refractivity contribution in [2.45, 2.75) is 13.1 Å². The van der Waals surface area contributed by atoms with Crippen LogP contribution in [0, 0.1) is 0 Å². The van der Waals surface area contributed by atoms with Crippen LogP contribution in [0.3, 0.4) is 0 Å². The number of benzene rings is 1. The second-order valence-electron chi connectivity index (χ2n) is 5.20. The molecule has 2 heterocycles. The lowest BCUT2D eigenvalue weighted by Gasteiger charge is -2.21. The highest BCUT2D eigenvalue weighted by Gasteiger charge is 2.14. The maximum absolute atomic E-state index is 9.33. The second-order valence-corrected chi connectivity index (χ2v) is 5.56. The summed E-state index contributed by atoms with van der Waals surface area (Å²) in [5.74, 6) is 0. The normalized spacial score (nSPS) is 11.4. The van der Waals surface area contributed by atoms with Gasteiger partial charge in [-0.25, -0.2) is 4.98 Å². The van der Waals surface area contributed by atoms with Crippen molar-refractivity contribution in [3.05, 3.63) is 71.1 Å². The van der Waals surface area contributed by atoms with Crippen LogP contribution < -0.4 is 0 Å². The lowest BCUT2D eigenvalue weighted by atomic mass is 10.2. The molecular weight excluding hydrogens is 298 g/mol. The van der Waals surface area contributed by atoms with Gasteiger partial charge in [-0.05, 0) is 17.7 Å². The van der Waals surface area contributed by atoms with Gasteiger partial charge in [0, 0.05) is 25.8 Å². The molecule has 0 atom stereocenters. The molecule has 0 unspecified atom stereocenters. The molecule has 2 aromatic heterocycles. The molecule has 3 rings (SSSR count). The number of hydrogen-bond donors (Lipinski definition) is 1. The van der Waals surface area contributed by atoms with Crippen molar-refractivity contribution in [1.82, 2.24) is 14.3 Å². The molecule has 0 saturated carbocycles. The number of pyridine rings is 1. The van der Waals surface area contributed by atoms with Gasteiger partial charge in [-0.1, -0.05) is 48.0 Å². The van der Waals surface area contributed by atoms with E-state index in [0.29, 0.717) is 18.2 Å². The van der Waals surface area contributed by atoms with Crippen molar-refractivity contribution in [3.63, 3.8) is 0 Å². The van der Waals surface area contributed by atoms with Crippen molar-refractivity contribution < 1.29 is 5.11 Å². The number of imidazole rings is 1. The molecule has 4 nitrogen and oxygen atoms in total. The molecule has 0 aliphatic carbocycles. The van der Waals surface area contributed by atoms with E-state index in [9.17, 15) is 5.11 Å². The Balaban J connectivity index is 1.84. The van der Waals surface area contributed by atoms with Gasteiger partial charge in [-0.2, -0.15) is 0 Å². The van der Waals surface area contributed by atoms with Gasteiger partial charge in [0.25, 0.3) is 0 Å². The summed E-state index contributed by atoms with van der Waals surface area (Å²) in [6.45, 7) is 2.10. The van der Waals surface area contributed by atoms with Gasteiger partial charge in [-0.15, -0.1) is 0 Å². The number of hydrogen-bond acceptors (Lipinski definition) is 3. The number of rotatable bonds is 6. The maximum Gasteiger partial charge on any atom is 0.152 e. The first-order chi connectivity index (χ1) is 10.8. The monoisotopic (exact) mass is 315 g/mol. The Morgan fingerprint density at radius 3 is 2.59 bits per heavy atom. The molecular formula is C17H18ClN3O. The van der Waals surface area contributed by atoms with Crippen molar-refractivity contribution >= 4 is 17.2 Å². The van der Waals surface area contributed by atoms with E-state index in [2.05, 4.69) is 22.0 Å². The lowest BCUT2D eigenvalue weighted by molar-refractivity contribution is 0.182. The van der Waals surface area contributed by atoms with Crippen molar-refractivity contribution in [3.8, 4) is 0 Å². The molecule has 0 bridgehead atoms. The average molecular weight is 316 g/mol. The number of aliphatic hydroxyl groups excluding tert-OH is 1. The summed E-state index contributed by atoms with van der Waals surface area (Å²) in [5.41, 5.74) is 2.99. The number of nitrogens with zero attached hydrogens (tertiary/aromatic N) is 3. The summed E-state index contributed by atoms with van der Waals surface area (Å²) >= 11 is 6.29. The van der Waals surface area contributed by atoms with E-state index in [1.54, 1.807) is 0 Å². The van der Waals surface area contributed by atoms with Crippen LogP contribution in [0.4, 0.5) is 0 Å². The third-order valence-corrected chi connectivity index (χ3v) is 3.92. The van der Waals surface area contributed by atoms with E-state index in [1.807, 2.05) is 47.0 Å². The van der Waals surface area contributed by atoms with Gasteiger partial charge in [0.15, 0.2) is 5.15 Å². The summed E-state index contributed by atoms with van der Waals surface area (Å²) in [5, 5.41) is 9.84. The second kappa shape index (κ2) is 6.92. The highest BCUT2D eigenvalue weighted by atomic mass is 35.5. The van der Waals surface area contributed by atoms with Crippen molar-refractivity contribution in [2.24, 2.45) is 0 Å². The summed E-state index contributed by atoms with van der Waals surface area (Å²) < 4.78 is 2.00. The number of halogens is 1. The molecule has 0 amide bonds. The van der Waals surface area contributed by atoms with E-state index in [4.69, 9.17) is 11.6 Å². The van der Waals surface area contributed by atoms with Crippen LogP contribution in [0.2, 0.25) is 5.15 Å². The first-order valence-corrected chi connectivity index (χ1v) is 7.64. The third kappa shape index (κ3) is 3.30. The van der Waals surface area contributed by atoms with Crippen LogP contribution in [0.25, 0.3) is 5.65 Å². The molecule has 0 saturated heterocycles. The lowest BCUT2D eigenvalue weighted by Crippen LogP contribution is -2.26. The molecule has 1 aromatic carbocycles. The van der Waals surface area contributed by atoms with E-state index in [1.165, 1.54) is 5.56 Å². The van der Waals surface area contributed by atoms with Crippen LogP contribution in [-0.4, -0.2) is 32.5 Å². The Kier molecular flexibility index (Phi) is 4.73. The maximum atomic E-state index is 9.33. The Morgan fingerprint density at radius 2 is 1.82 bits per heavy atom. The third-order valence-electron chi connectivity index (χ3n) is 3.62. The summed E-state index contributed by atoms with van der Waals surface area (Å²) in [4.78, 5) is 6.54. The highest BCUT2D eigenvalue weighted by Crippen LogP contribution is 2.20. The number of aliphatic hydroxyl groups is 1. The van der Waals surface area contributed by atoms with Gasteiger partial charge in [-0.3, -0.25) is 4.90 Å². The van der Waals surface area contributed by atoms with E-state index in [0.717, 1.165) is 17.9 Å². The van der Waals surface area contributed by atoms with Crippen LogP contribution in [0.1, 0.15) is 11.3 Å². The molecule has 0 fully saturated rings. The Bertz CT molecular complexity index is 742. The largest absolute Gasteiger partial charge is 0.395 e. The number of fused-ring (bicyclic) bond motifs is 1. The SMILES string of the molecule is OCCN(Cc1ccccc1)Cc1c(Cl)nc2ccccn12. The van der Waals surface area contributed by atoms with Gasteiger partial charge < -0.3 is 9.51 Å². The van der Waals surface area contributed by atoms with E-state index < -0.39 is 0 Å². The molecule has 0 aliphatic rings. The minimum atomic E-state index is 0.112. The first kappa shape index (κ1) is 15.0. The minimum Gasteiger partial charge on any atom is -0.395 e. The Labute approximate surface area is 134 Å². The Hall–Kier alpha value is -1.88. The minimum absolute atomic E-state index is 0.112. The Morgan fingerprint density at radius 1 is 1.05 bits per heavy atom. The zero-order valence-electron chi connectivity index (χ0n) is 12.2. The fourth-order valence-electron chi connectivity index (χ4n) is 2.57. The predicted molar refractivity (Wildman–Crippen MR) is 87.8 cm³/mol. The van der Waals surface area contributed by atoms with Gasteiger partial charge in [0.1, 0.15) is 5.65 Å². The fraction of sp³-hybridized carbons (Fsp3) is 0.235. The van der Waals surface area contributed by atoms with Crippen LogP contribution in [0.5, 0.6) is 0 Å². The van der Waals surface area contributed by atoms with E-state index in [-0.39, 0.29) is 6.61 Å². The smallest absolute Gasteiger partial charge is 0.152 e. The molecule has 3 aromatic rings. The summed E-state index contributed by atoms with van der Waals surface area (Å²) in [6, 6.07) is 16.0. The van der Waals surface area contributed by atoms with Gasteiger partial charge in [0.2, 0.25) is 0 Å². The van der Waals surface area contributed by atoms with Crippen LogP contribution in [-0.2, 0) is 13.1 Å². The molecule has 0 spiro atoms. The molecule has 0 radical (unpaired) electrons. The highest BCUT2D eigenvalue weighted by molar-refractivity contribution is 6.30. The molecule has 22 heavy (non-hydrogen) atoms. The first-order valence-electron chi connectivity index (χ1n) is 7.26. The molecule has 0 aliphatic heterocycles. The fourth-order valence-corrected chi connectivity index (χ4v) is 2.81. The molecule has 5 heteroatoms. The summed E-state index contributed by atoms with van der Waals surface area (Å²) in [6.07, 6.45) is 1.96.